The van der Waals surface area contributed by atoms with Crippen LogP contribution in [0.1, 0.15) is 6.42 Å². The van der Waals surface area contributed by atoms with E-state index < -0.39 is 18.5 Å². The number of hydrogen-bond donors (Lipinski definition) is 2. The third kappa shape index (κ3) is 3.54. The van der Waals surface area contributed by atoms with Gasteiger partial charge in [-0.1, -0.05) is 0 Å². The van der Waals surface area contributed by atoms with Crippen LogP contribution < -0.4 is 5.32 Å². The van der Waals surface area contributed by atoms with Gasteiger partial charge in [0.25, 0.3) is 0 Å². The van der Waals surface area contributed by atoms with Crippen molar-refractivity contribution in [3.63, 3.8) is 0 Å². The van der Waals surface area contributed by atoms with Crippen molar-refractivity contribution >= 4 is 11.7 Å². The fourth-order valence-electron chi connectivity index (χ4n) is 0.631. The molecule has 0 bridgehead atoms. The Morgan fingerprint density at radius 3 is 2.77 bits per heavy atom. The number of rotatable bonds is 2. The number of nitrogens with zero attached hydrogens (tertiary/aromatic N) is 2. The number of alkyl halides is 3. The molecule has 1 aromatic heterocycles. The van der Waals surface area contributed by atoms with E-state index in [-0.39, 0.29) is 5.82 Å². The van der Waals surface area contributed by atoms with Crippen LogP contribution in [0.4, 0.5) is 19.0 Å². The van der Waals surface area contributed by atoms with Crippen LogP contribution in [0.2, 0.25) is 0 Å². The van der Waals surface area contributed by atoms with Crippen LogP contribution in [0.25, 0.3) is 0 Å². The van der Waals surface area contributed by atoms with E-state index in [0.717, 1.165) is 6.20 Å². The van der Waals surface area contributed by atoms with E-state index in [1.54, 1.807) is 0 Å². The molecular formula is C5H5F3N4O. The van der Waals surface area contributed by atoms with E-state index in [1.807, 2.05) is 5.32 Å². The van der Waals surface area contributed by atoms with Crippen LogP contribution in [0.15, 0.2) is 6.20 Å². The van der Waals surface area contributed by atoms with Crippen LogP contribution in [0.3, 0.4) is 0 Å². The number of anilines is 1. The van der Waals surface area contributed by atoms with Gasteiger partial charge in [0.1, 0.15) is 6.42 Å². The number of amides is 1. The third-order valence-electron chi connectivity index (χ3n) is 1.04. The fraction of sp³-hybridized carbons (Fsp3) is 0.400. The Morgan fingerprint density at radius 1 is 1.62 bits per heavy atom. The summed E-state index contributed by atoms with van der Waals surface area (Å²) in [6.07, 6.45) is -4.93. The highest BCUT2D eigenvalue weighted by molar-refractivity contribution is 5.89. The SMILES string of the molecule is O=C(CC(F)(F)F)Nc1cn[nH]n1. The van der Waals surface area contributed by atoms with Crippen LogP contribution in [-0.2, 0) is 4.79 Å². The number of aromatic nitrogens is 3. The molecule has 0 atom stereocenters. The number of nitrogens with one attached hydrogen (secondary N) is 2. The van der Waals surface area contributed by atoms with Gasteiger partial charge >= 0.3 is 6.18 Å². The Kier molecular flexibility index (Phi) is 2.49. The zero-order valence-electron chi connectivity index (χ0n) is 6.22. The minimum Gasteiger partial charge on any atom is -0.308 e. The zero-order chi connectivity index (χ0) is 9.90. The van der Waals surface area contributed by atoms with Gasteiger partial charge in [0.2, 0.25) is 5.91 Å². The molecule has 8 heteroatoms. The van der Waals surface area contributed by atoms with E-state index in [0.29, 0.717) is 0 Å². The highest BCUT2D eigenvalue weighted by Crippen LogP contribution is 2.19. The fourth-order valence-corrected chi connectivity index (χ4v) is 0.631. The quantitative estimate of drug-likeness (QED) is 0.727. The zero-order valence-corrected chi connectivity index (χ0v) is 6.22. The Morgan fingerprint density at radius 2 is 2.31 bits per heavy atom. The van der Waals surface area contributed by atoms with Crippen LogP contribution in [0.5, 0.6) is 0 Å². The number of hydrogen-bond acceptors (Lipinski definition) is 3. The molecule has 0 saturated heterocycles. The van der Waals surface area contributed by atoms with Gasteiger partial charge in [-0.25, -0.2) is 0 Å². The Labute approximate surface area is 70.3 Å². The van der Waals surface area contributed by atoms with E-state index >= 15 is 0 Å². The second-order valence-corrected chi connectivity index (χ2v) is 2.20. The Hall–Kier alpha value is -1.60. The first-order chi connectivity index (χ1) is 5.97. The molecule has 13 heavy (non-hydrogen) atoms. The van der Waals surface area contributed by atoms with Gasteiger partial charge < -0.3 is 5.32 Å². The van der Waals surface area contributed by atoms with Crippen molar-refractivity contribution in [3.8, 4) is 0 Å². The van der Waals surface area contributed by atoms with Gasteiger partial charge in [-0.05, 0) is 0 Å². The molecule has 0 aliphatic rings. The summed E-state index contributed by atoms with van der Waals surface area (Å²) in [5.41, 5.74) is 0. The number of carbonyl (C=O) groups excluding carboxylic acids is 1. The standard InChI is InChI=1S/C5H5F3N4O/c6-5(7,8)1-4(13)10-3-2-9-12-11-3/h2H,1H2,(H2,9,10,11,12,13). The van der Waals surface area contributed by atoms with Crippen molar-refractivity contribution in [2.45, 2.75) is 12.6 Å². The molecule has 1 aromatic rings. The molecule has 72 valence electrons. The molecule has 0 aliphatic carbocycles. The predicted molar refractivity (Wildman–Crippen MR) is 35.7 cm³/mol. The van der Waals surface area contributed by atoms with Gasteiger partial charge in [0, 0.05) is 0 Å². The van der Waals surface area contributed by atoms with Crippen molar-refractivity contribution in [2.24, 2.45) is 0 Å². The molecule has 0 radical (unpaired) electrons. The van der Waals surface area contributed by atoms with E-state index in [1.165, 1.54) is 0 Å². The van der Waals surface area contributed by atoms with Crippen LogP contribution >= 0.6 is 0 Å². The molecule has 2 N–H and O–H groups in total. The molecular weight excluding hydrogens is 189 g/mol. The van der Waals surface area contributed by atoms with Crippen LogP contribution in [0, 0.1) is 0 Å². The summed E-state index contributed by atoms with van der Waals surface area (Å²) in [7, 11) is 0. The first-order valence-corrected chi connectivity index (χ1v) is 3.20. The van der Waals surface area contributed by atoms with Crippen molar-refractivity contribution in [2.75, 3.05) is 5.32 Å². The van der Waals surface area contributed by atoms with Gasteiger partial charge in [0.15, 0.2) is 5.82 Å². The van der Waals surface area contributed by atoms with Crippen molar-refractivity contribution in [1.82, 2.24) is 15.4 Å². The monoisotopic (exact) mass is 194 g/mol. The molecule has 0 fully saturated rings. The average molecular weight is 194 g/mol. The molecule has 0 unspecified atom stereocenters. The largest absolute Gasteiger partial charge is 0.397 e. The smallest absolute Gasteiger partial charge is 0.308 e. The summed E-state index contributed by atoms with van der Waals surface area (Å²) in [5.74, 6) is -1.20. The van der Waals surface area contributed by atoms with Crippen molar-refractivity contribution < 1.29 is 18.0 Å². The van der Waals surface area contributed by atoms with Gasteiger partial charge in [-0.3, -0.25) is 4.79 Å². The molecule has 1 rings (SSSR count). The lowest BCUT2D eigenvalue weighted by molar-refractivity contribution is -0.150. The van der Waals surface area contributed by atoms with Crippen molar-refractivity contribution in [3.05, 3.63) is 6.20 Å². The molecule has 1 amide bonds. The maximum Gasteiger partial charge on any atom is 0.397 e. The first kappa shape index (κ1) is 9.49. The molecule has 0 spiro atoms. The van der Waals surface area contributed by atoms with E-state index in [9.17, 15) is 18.0 Å². The summed E-state index contributed by atoms with van der Waals surface area (Å²) in [5, 5.41) is 10.7. The summed E-state index contributed by atoms with van der Waals surface area (Å²) in [6.45, 7) is 0. The topological polar surface area (TPSA) is 70.7 Å². The molecule has 0 aliphatic heterocycles. The summed E-state index contributed by atoms with van der Waals surface area (Å²) in [4.78, 5) is 10.6. The summed E-state index contributed by atoms with van der Waals surface area (Å²) in [6, 6.07) is 0. The van der Waals surface area contributed by atoms with Crippen LogP contribution in [-0.4, -0.2) is 27.5 Å². The maximum absolute atomic E-state index is 11.6. The van der Waals surface area contributed by atoms with E-state index in [2.05, 4.69) is 15.4 Å². The molecule has 0 aromatic carbocycles. The Balaban J connectivity index is 2.43. The first-order valence-electron chi connectivity index (χ1n) is 3.20. The predicted octanol–water partition coefficient (Wildman–Crippen LogP) is 0.696. The Bertz CT molecular complexity index is 280. The average Bonchev–Trinajstić information content (AvgIpc) is 2.34. The second-order valence-electron chi connectivity index (χ2n) is 2.20. The lowest BCUT2D eigenvalue weighted by Gasteiger charge is -2.04. The van der Waals surface area contributed by atoms with Gasteiger partial charge in [0.05, 0.1) is 6.20 Å². The maximum atomic E-state index is 11.6. The third-order valence-corrected chi connectivity index (χ3v) is 1.04. The second kappa shape index (κ2) is 3.42. The summed E-state index contributed by atoms with van der Waals surface area (Å²) < 4.78 is 34.9. The van der Waals surface area contributed by atoms with Gasteiger partial charge in [-0.2, -0.15) is 23.5 Å². The molecule has 1 heterocycles. The number of H-pyrrole nitrogens is 1. The van der Waals surface area contributed by atoms with E-state index in [4.69, 9.17) is 0 Å². The number of halogens is 3. The van der Waals surface area contributed by atoms with Gasteiger partial charge in [-0.15, -0.1) is 5.10 Å². The highest BCUT2D eigenvalue weighted by atomic mass is 19.4. The minimum atomic E-state index is -4.51. The number of aromatic amines is 1. The highest BCUT2D eigenvalue weighted by Gasteiger charge is 2.31. The lowest BCUT2D eigenvalue weighted by atomic mass is 10.4. The van der Waals surface area contributed by atoms with Crippen molar-refractivity contribution in [1.29, 1.82) is 0 Å². The summed E-state index contributed by atoms with van der Waals surface area (Å²) >= 11 is 0. The minimum absolute atomic E-state index is 0.0331. The number of carbonyl (C=O) groups is 1. The molecule has 5 nitrogen and oxygen atoms in total. The lowest BCUT2D eigenvalue weighted by Crippen LogP contribution is -2.21. The molecule has 0 saturated carbocycles. The normalized spacial score (nSPS) is 11.3.